The van der Waals surface area contributed by atoms with Gasteiger partial charge in [0.1, 0.15) is 0 Å². The van der Waals surface area contributed by atoms with Gasteiger partial charge in [0.15, 0.2) is 0 Å². The van der Waals surface area contributed by atoms with E-state index in [9.17, 15) is 36.9 Å². The minimum Gasteiger partial charge on any atom is -0.314 e. The van der Waals surface area contributed by atoms with Crippen LogP contribution in [0.5, 0.6) is 5.75 Å². The predicted octanol–water partition coefficient (Wildman–Crippen LogP) is 2.21. The van der Waals surface area contributed by atoms with Crippen molar-refractivity contribution in [1.29, 1.82) is 0 Å². The summed E-state index contributed by atoms with van der Waals surface area (Å²) < 4.78 is 64.5. The smallest absolute Gasteiger partial charge is 0.314 e. The summed E-state index contributed by atoms with van der Waals surface area (Å²) in [5.74, 6) is -14.6. The van der Waals surface area contributed by atoms with Gasteiger partial charge in [0.25, 0.3) is 10.8 Å². The Morgan fingerprint density at radius 2 is 1.50 bits per heavy atom. The van der Waals surface area contributed by atoms with E-state index >= 15 is 0 Å². The van der Waals surface area contributed by atoms with E-state index in [0.29, 0.717) is 0 Å². The maximum Gasteiger partial charge on any atom is 0.355 e. The zero-order valence-electron chi connectivity index (χ0n) is 10.4. The van der Waals surface area contributed by atoms with E-state index in [4.69, 9.17) is 0 Å². The minimum atomic E-state index is -2.40. The van der Waals surface area contributed by atoms with Gasteiger partial charge in [-0.2, -0.15) is 8.78 Å². The van der Waals surface area contributed by atoms with Crippen LogP contribution in [0.15, 0.2) is 0 Å². The van der Waals surface area contributed by atoms with Crippen LogP contribution in [0.4, 0.5) is 22.0 Å². The highest BCUT2D eigenvalue weighted by molar-refractivity contribution is 5.68. The number of rotatable bonds is 7. The fourth-order valence-electron chi connectivity index (χ4n) is 1.14. The zero-order valence-corrected chi connectivity index (χ0v) is 10.4. The second-order valence-electron chi connectivity index (χ2n) is 3.60. The first-order chi connectivity index (χ1) is 10.3. The molecule has 0 N–H and O–H groups in total. The molecule has 0 aromatic heterocycles. The fraction of sp³-hybridized carbons (Fsp3) is 0.300. The number of carbonyl (C=O) groups is 1. The van der Waals surface area contributed by atoms with Crippen molar-refractivity contribution >= 4 is 5.97 Å². The van der Waals surface area contributed by atoms with E-state index in [0.717, 1.165) is 0 Å². The highest BCUT2D eigenvalue weighted by atomic mass is 19.2. The van der Waals surface area contributed by atoms with Crippen LogP contribution in [0.25, 0.3) is 0 Å². The van der Waals surface area contributed by atoms with Crippen molar-refractivity contribution in [2.24, 2.45) is 0 Å². The average Bonchev–Trinajstić information content (AvgIpc) is 2.47. The second-order valence-corrected chi connectivity index (χ2v) is 3.60. The van der Waals surface area contributed by atoms with E-state index in [1.165, 1.54) is 0 Å². The molecule has 0 aliphatic carbocycles. The number of halogens is 5. The van der Waals surface area contributed by atoms with Gasteiger partial charge in [-0.05, 0) is 6.42 Å². The maximum absolute atomic E-state index is 13.1. The van der Waals surface area contributed by atoms with Gasteiger partial charge in [0, 0.05) is 0 Å². The van der Waals surface area contributed by atoms with Crippen molar-refractivity contribution in [2.45, 2.75) is 12.8 Å². The van der Waals surface area contributed by atoms with Crippen LogP contribution in [0.2, 0.25) is 0 Å². The molecule has 0 fully saturated rings. The lowest BCUT2D eigenvalue weighted by molar-refractivity contribution is -0.757. The Balaban J connectivity index is 2.62. The van der Waals surface area contributed by atoms with E-state index < -0.39 is 58.9 Å². The van der Waals surface area contributed by atoms with Crippen molar-refractivity contribution in [3.05, 3.63) is 39.2 Å². The first-order valence-electron chi connectivity index (χ1n) is 5.41. The Labute approximate surface area is 118 Å². The summed E-state index contributed by atoms with van der Waals surface area (Å²) in [5.41, 5.74) is 0. The molecule has 1 aromatic rings. The number of nitrogens with zero attached hydrogens (tertiary/aromatic N) is 1. The molecule has 0 atom stereocenters. The molecule has 0 saturated carbocycles. The van der Waals surface area contributed by atoms with E-state index in [-0.39, 0.29) is 6.42 Å². The van der Waals surface area contributed by atoms with Gasteiger partial charge in [-0.3, -0.25) is 9.78 Å². The molecule has 122 valence electrons. The van der Waals surface area contributed by atoms with Crippen LogP contribution in [-0.4, -0.2) is 17.7 Å². The zero-order chi connectivity index (χ0) is 16.9. The molecule has 1 rings (SSSR count). The Kier molecular flexibility index (Phi) is 5.83. The van der Waals surface area contributed by atoms with Crippen LogP contribution in [0, 0.1) is 39.2 Å². The molecular weight excluding hydrogens is 325 g/mol. The van der Waals surface area contributed by atoms with E-state index in [1.807, 2.05) is 0 Å². The number of benzene rings is 1. The third-order valence-corrected chi connectivity index (χ3v) is 2.11. The van der Waals surface area contributed by atoms with Crippen LogP contribution < -0.4 is 4.89 Å². The Bertz CT molecular complexity index is 567. The normalized spacial score (nSPS) is 10.2. The third-order valence-electron chi connectivity index (χ3n) is 2.11. The SMILES string of the molecule is O=C(CCCO[N+](=O)[O-])OOc1c(F)c(F)c(F)c(F)c1F. The monoisotopic (exact) mass is 331 g/mol. The standard InChI is InChI=1S/C10H6F5NO6/c11-5-6(12)8(14)10(9(15)7(5)13)22-21-4(17)2-1-3-20-16(18)19/h1-3H2. The summed E-state index contributed by atoms with van der Waals surface area (Å²) in [6, 6.07) is 0. The summed E-state index contributed by atoms with van der Waals surface area (Å²) >= 11 is 0. The molecule has 0 unspecified atom stereocenters. The molecule has 0 spiro atoms. The Morgan fingerprint density at radius 3 is 2.00 bits per heavy atom. The summed E-state index contributed by atoms with van der Waals surface area (Å²) in [4.78, 5) is 32.3. The van der Waals surface area contributed by atoms with Crippen molar-refractivity contribution in [2.75, 3.05) is 6.61 Å². The molecule has 1 aromatic carbocycles. The molecule has 0 amide bonds. The van der Waals surface area contributed by atoms with Crippen LogP contribution in [0.1, 0.15) is 12.8 Å². The summed E-state index contributed by atoms with van der Waals surface area (Å²) in [7, 11) is 0. The van der Waals surface area contributed by atoms with E-state index in [2.05, 4.69) is 14.6 Å². The molecule has 22 heavy (non-hydrogen) atoms. The second kappa shape index (κ2) is 7.38. The van der Waals surface area contributed by atoms with Gasteiger partial charge in [-0.1, -0.05) is 0 Å². The van der Waals surface area contributed by atoms with Crippen LogP contribution in [0.3, 0.4) is 0 Å². The average molecular weight is 331 g/mol. The van der Waals surface area contributed by atoms with Gasteiger partial charge in [0.2, 0.25) is 29.1 Å². The Hall–Kier alpha value is -2.66. The molecule has 12 heteroatoms. The number of hydrogen-bond acceptors (Lipinski definition) is 6. The van der Waals surface area contributed by atoms with Crippen LogP contribution in [-0.2, 0) is 14.5 Å². The minimum absolute atomic E-state index is 0.208. The molecule has 0 radical (unpaired) electrons. The molecule has 0 bridgehead atoms. The molecule has 0 heterocycles. The van der Waals surface area contributed by atoms with E-state index in [1.54, 1.807) is 0 Å². The summed E-state index contributed by atoms with van der Waals surface area (Å²) in [6.07, 6.45) is -0.733. The summed E-state index contributed by atoms with van der Waals surface area (Å²) in [6.45, 7) is -0.468. The van der Waals surface area contributed by atoms with Crippen molar-refractivity contribution < 1.29 is 46.4 Å². The van der Waals surface area contributed by atoms with Crippen molar-refractivity contribution in [3.8, 4) is 5.75 Å². The third kappa shape index (κ3) is 4.17. The fourth-order valence-corrected chi connectivity index (χ4v) is 1.14. The predicted molar refractivity (Wildman–Crippen MR) is 55.1 cm³/mol. The van der Waals surface area contributed by atoms with Gasteiger partial charge in [0.05, 0.1) is 13.0 Å². The van der Waals surface area contributed by atoms with Gasteiger partial charge >= 0.3 is 5.97 Å². The van der Waals surface area contributed by atoms with Crippen molar-refractivity contribution in [1.82, 2.24) is 0 Å². The lowest BCUT2D eigenvalue weighted by atomic mass is 10.3. The molecule has 7 nitrogen and oxygen atoms in total. The molecule has 0 saturated heterocycles. The van der Waals surface area contributed by atoms with Crippen molar-refractivity contribution in [3.63, 3.8) is 0 Å². The quantitative estimate of drug-likeness (QED) is 0.145. The lowest BCUT2D eigenvalue weighted by Gasteiger charge is -2.08. The topological polar surface area (TPSA) is 87.9 Å². The van der Waals surface area contributed by atoms with Gasteiger partial charge in [-0.25, -0.2) is 18.0 Å². The van der Waals surface area contributed by atoms with Gasteiger partial charge in [-0.15, -0.1) is 10.1 Å². The number of carbonyl (C=O) groups excluding carboxylic acids is 1. The summed E-state index contributed by atoms with van der Waals surface area (Å²) in [5, 5.41) is 8.66. The Morgan fingerprint density at radius 1 is 1.00 bits per heavy atom. The molecular formula is C10H6F5NO6. The highest BCUT2D eigenvalue weighted by Gasteiger charge is 2.28. The number of hydrogen-bond donors (Lipinski definition) is 0. The van der Waals surface area contributed by atoms with Gasteiger partial charge < -0.3 is 4.84 Å². The maximum atomic E-state index is 13.1. The largest absolute Gasteiger partial charge is 0.355 e. The molecule has 0 aliphatic heterocycles. The first kappa shape index (κ1) is 17.4. The highest BCUT2D eigenvalue weighted by Crippen LogP contribution is 2.29. The molecule has 0 aliphatic rings. The first-order valence-corrected chi connectivity index (χ1v) is 5.41. The lowest BCUT2D eigenvalue weighted by Crippen LogP contribution is -2.13. The van der Waals surface area contributed by atoms with Crippen LogP contribution >= 0.6 is 0 Å².